The summed E-state index contributed by atoms with van der Waals surface area (Å²) in [6, 6.07) is 0.778. The van der Waals surface area contributed by atoms with E-state index >= 15 is 0 Å². The number of aryl methyl sites for hydroxylation is 1. The van der Waals surface area contributed by atoms with Crippen LogP contribution in [0, 0.1) is 6.92 Å². The van der Waals surface area contributed by atoms with Gasteiger partial charge < -0.3 is 10.1 Å². The standard InChI is InChI=1S/C11H16ClN3O/c1-8-6-14-11(15-10(8)12)16-7-9-4-2-3-5-13-9/h6,9,13H,2-5,7H2,1H3/t9-/m1/s1. The van der Waals surface area contributed by atoms with Gasteiger partial charge in [-0.2, -0.15) is 4.98 Å². The van der Waals surface area contributed by atoms with Crippen molar-refractivity contribution in [2.24, 2.45) is 0 Å². The summed E-state index contributed by atoms with van der Waals surface area (Å²) in [7, 11) is 0. The second kappa shape index (κ2) is 5.46. The van der Waals surface area contributed by atoms with Crippen LogP contribution in [0.3, 0.4) is 0 Å². The van der Waals surface area contributed by atoms with Gasteiger partial charge in [0.2, 0.25) is 0 Å². The molecule has 1 fully saturated rings. The fourth-order valence-corrected chi connectivity index (χ4v) is 1.84. The van der Waals surface area contributed by atoms with Crippen molar-refractivity contribution in [2.75, 3.05) is 13.2 Å². The maximum Gasteiger partial charge on any atom is 0.317 e. The molecule has 1 aromatic rings. The summed E-state index contributed by atoms with van der Waals surface area (Å²) < 4.78 is 5.51. The van der Waals surface area contributed by atoms with Crippen molar-refractivity contribution >= 4 is 11.6 Å². The predicted molar refractivity (Wildman–Crippen MR) is 62.9 cm³/mol. The molecule has 0 radical (unpaired) electrons. The molecule has 2 rings (SSSR count). The number of hydrogen-bond acceptors (Lipinski definition) is 4. The highest BCUT2D eigenvalue weighted by Gasteiger charge is 2.13. The Hall–Kier alpha value is -0.870. The van der Waals surface area contributed by atoms with Crippen LogP contribution in [-0.2, 0) is 0 Å². The van der Waals surface area contributed by atoms with Crippen LogP contribution >= 0.6 is 11.6 Å². The molecule has 1 atom stereocenters. The SMILES string of the molecule is Cc1cnc(OC[C@H]2CCCCN2)nc1Cl. The molecule has 0 spiro atoms. The second-order valence-corrected chi connectivity index (χ2v) is 4.44. The van der Waals surface area contributed by atoms with Gasteiger partial charge >= 0.3 is 6.01 Å². The number of halogens is 1. The van der Waals surface area contributed by atoms with Gasteiger partial charge in [-0.05, 0) is 26.3 Å². The number of piperidine rings is 1. The molecule has 2 heterocycles. The first-order chi connectivity index (χ1) is 7.75. The largest absolute Gasteiger partial charge is 0.462 e. The first-order valence-electron chi connectivity index (χ1n) is 5.61. The fraction of sp³-hybridized carbons (Fsp3) is 0.636. The van der Waals surface area contributed by atoms with Crippen molar-refractivity contribution in [3.05, 3.63) is 16.9 Å². The molecule has 1 saturated heterocycles. The van der Waals surface area contributed by atoms with E-state index in [1.807, 2.05) is 6.92 Å². The molecule has 0 saturated carbocycles. The van der Waals surface area contributed by atoms with Gasteiger partial charge in [0.1, 0.15) is 11.8 Å². The van der Waals surface area contributed by atoms with Gasteiger partial charge in [0, 0.05) is 17.8 Å². The van der Waals surface area contributed by atoms with Crippen LogP contribution in [0.2, 0.25) is 5.15 Å². The third kappa shape index (κ3) is 3.06. The zero-order valence-electron chi connectivity index (χ0n) is 9.37. The van der Waals surface area contributed by atoms with Crippen LogP contribution in [0.5, 0.6) is 6.01 Å². The molecule has 4 nitrogen and oxygen atoms in total. The third-order valence-electron chi connectivity index (χ3n) is 2.71. The Labute approximate surface area is 100 Å². The van der Waals surface area contributed by atoms with Crippen LogP contribution < -0.4 is 10.1 Å². The van der Waals surface area contributed by atoms with E-state index in [2.05, 4.69) is 15.3 Å². The third-order valence-corrected chi connectivity index (χ3v) is 3.10. The number of ether oxygens (including phenoxy) is 1. The quantitative estimate of drug-likeness (QED) is 0.822. The summed E-state index contributed by atoms with van der Waals surface area (Å²) in [6.07, 6.45) is 5.35. The van der Waals surface area contributed by atoms with Gasteiger partial charge in [-0.25, -0.2) is 4.98 Å². The minimum absolute atomic E-state index is 0.364. The Morgan fingerprint density at radius 3 is 3.12 bits per heavy atom. The molecule has 1 aromatic heterocycles. The van der Waals surface area contributed by atoms with Gasteiger partial charge in [-0.3, -0.25) is 0 Å². The Bertz CT molecular complexity index is 353. The Kier molecular flexibility index (Phi) is 3.96. The summed E-state index contributed by atoms with van der Waals surface area (Å²) in [4.78, 5) is 8.14. The van der Waals surface area contributed by atoms with Crippen LogP contribution in [0.4, 0.5) is 0 Å². The summed E-state index contributed by atoms with van der Waals surface area (Å²) in [5.74, 6) is 0. The van der Waals surface area contributed by atoms with E-state index in [-0.39, 0.29) is 0 Å². The van der Waals surface area contributed by atoms with Crippen LogP contribution in [-0.4, -0.2) is 29.2 Å². The lowest BCUT2D eigenvalue weighted by atomic mass is 10.1. The van der Waals surface area contributed by atoms with Crippen LogP contribution in [0.15, 0.2) is 6.20 Å². The van der Waals surface area contributed by atoms with Crippen molar-refractivity contribution < 1.29 is 4.74 Å². The maximum absolute atomic E-state index is 5.89. The van der Waals surface area contributed by atoms with E-state index in [0.29, 0.717) is 23.8 Å². The highest BCUT2D eigenvalue weighted by molar-refractivity contribution is 6.30. The van der Waals surface area contributed by atoms with E-state index in [1.54, 1.807) is 6.20 Å². The normalized spacial score (nSPS) is 20.8. The lowest BCUT2D eigenvalue weighted by Gasteiger charge is -2.22. The molecular weight excluding hydrogens is 226 g/mol. The minimum Gasteiger partial charge on any atom is -0.462 e. The molecule has 0 bridgehead atoms. The molecule has 5 heteroatoms. The van der Waals surface area contributed by atoms with E-state index in [4.69, 9.17) is 16.3 Å². The molecule has 0 aliphatic carbocycles. The summed E-state index contributed by atoms with van der Waals surface area (Å²) >= 11 is 5.89. The van der Waals surface area contributed by atoms with E-state index in [0.717, 1.165) is 18.5 Å². The molecule has 0 amide bonds. The number of nitrogens with one attached hydrogen (secondary N) is 1. The molecule has 0 unspecified atom stereocenters. The molecule has 1 aliphatic heterocycles. The number of rotatable bonds is 3. The number of nitrogens with zero attached hydrogens (tertiary/aromatic N) is 2. The lowest BCUT2D eigenvalue weighted by Crippen LogP contribution is -2.38. The number of hydrogen-bond donors (Lipinski definition) is 1. The highest BCUT2D eigenvalue weighted by Crippen LogP contribution is 2.14. The average Bonchev–Trinajstić information content (AvgIpc) is 2.32. The molecule has 1 N–H and O–H groups in total. The van der Waals surface area contributed by atoms with Crippen molar-refractivity contribution in [3.8, 4) is 6.01 Å². The highest BCUT2D eigenvalue weighted by atomic mass is 35.5. The van der Waals surface area contributed by atoms with Crippen molar-refractivity contribution in [1.29, 1.82) is 0 Å². The van der Waals surface area contributed by atoms with Gasteiger partial charge in [-0.1, -0.05) is 18.0 Å². The molecular formula is C11H16ClN3O. The smallest absolute Gasteiger partial charge is 0.317 e. The zero-order chi connectivity index (χ0) is 11.4. The van der Waals surface area contributed by atoms with E-state index < -0.39 is 0 Å². The Morgan fingerprint density at radius 1 is 1.56 bits per heavy atom. The minimum atomic E-state index is 0.364. The van der Waals surface area contributed by atoms with Crippen molar-refractivity contribution in [3.63, 3.8) is 0 Å². The molecule has 16 heavy (non-hydrogen) atoms. The van der Waals surface area contributed by atoms with Gasteiger partial charge in [-0.15, -0.1) is 0 Å². The van der Waals surface area contributed by atoms with Gasteiger partial charge in [0.25, 0.3) is 0 Å². The summed E-state index contributed by atoms with van der Waals surface area (Å²) in [6.45, 7) is 3.55. The van der Waals surface area contributed by atoms with Crippen LogP contribution in [0.1, 0.15) is 24.8 Å². The first-order valence-corrected chi connectivity index (χ1v) is 5.99. The average molecular weight is 242 g/mol. The second-order valence-electron chi connectivity index (χ2n) is 4.08. The van der Waals surface area contributed by atoms with Gasteiger partial charge in [0.05, 0.1) is 0 Å². The molecule has 1 aliphatic rings. The number of aromatic nitrogens is 2. The van der Waals surface area contributed by atoms with E-state index in [9.17, 15) is 0 Å². The first kappa shape index (κ1) is 11.6. The molecule has 88 valence electrons. The Morgan fingerprint density at radius 2 is 2.44 bits per heavy atom. The van der Waals surface area contributed by atoms with Crippen molar-refractivity contribution in [2.45, 2.75) is 32.2 Å². The lowest BCUT2D eigenvalue weighted by molar-refractivity contribution is 0.224. The Balaban J connectivity index is 1.86. The fourth-order valence-electron chi connectivity index (χ4n) is 1.72. The monoisotopic (exact) mass is 241 g/mol. The van der Waals surface area contributed by atoms with E-state index in [1.165, 1.54) is 12.8 Å². The predicted octanol–water partition coefficient (Wildman–Crippen LogP) is 1.96. The molecule has 0 aromatic carbocycles. The maximum atomic E-state index is 5.89. The zero-order valence-corrected chi connectivity index (χ0v) is 10.1. The summed E-state index contributed by atoms with van der Waals surface area (Å²) in [5, 5.41) is 3.86. The van der Waals surface area contributed by atoms with Gasteiger partial charge in [0.15, 0.2) is 0 Å². The topological polar surface area (TPSA) is 47.0 Å². The van der Waals surface area contributed by atoms with Crippen LogP contribution in [0.25, 0.3) is 0 Å². The summed E-state index contributed by atoms with van der Waals surface area (Å²) in [5.41, 5.74) is 0.866. The van der Waals surface area contributed by atoms with Crippen molar-refractivity contribution in [1.82, 2.24) is 15.3 Å².